The van der Waals surface area contributed by atoms with Crippen LogP contribution in [0.2, 0.25) is 0 Å². The summed E-state index contributed by atoms with van der Waals surface area (Å²) in [5.41, 5.74) is 1.36. The highest BCUT2D eigenvalue weighted by Gasteiger charge is 2.32. The number of carbonyl (C=O) groups is 2. The highest BCUT2D eigenvalue weighted by Crippen LogP contribution is 2.24. The van der Waals surface area contributed by atoms with Crippen LogP contribution in [-0.4, -0.2) is 21.3 Å². The zero-order chi connectivity index (χ0) is 11.0. The third kappa shape index (κ3) is 1.71. The van der Waals surface area contributed by atoms with Crippen molar-refractivity contribution in [2.75, 3.05) is 0 Å². The monoisotopic (exact) mass is 206 g/mol. The van der Waals surface area contributed by atoms with Gasteiger partial charge in [0.1, 0.15) is 11.5 Å². The molecule has 15 heavy (non-hydrogen) atoms. The van der Waals surface area contributed by atoms with Crippen molar-refractivity contribution in [3.05, 3.63) is 17.5 Å². The van der Waals surface area contributed by atoms with E-state index in [-0.39, 0.29) is 11.6 Å². The molecule has 4 heteroatoms. The van der Waals surface area contributed by atoms with E-state index in [4.69, 9.17) is 0 Å². The fourth-order valence-corrected chi connectivity index (χ4v) is 1.95. The summed E-state index contributed by atoms with van der Waals surface area (Å²) in [6.07, 6.45) is 2.07. The molecule has 0 bridgehead atoms. The number of nitrogens with zero attached hydrogens (tertiary/aromatic N) is 2. The molecule has 0 saturated heterocycles. The van der Waals surface area contributed by atoms with Crippen LogP contribution in [-0.2, 0) is 11.8 Å². The molecular weight excluding hydrogens is 192 g/mol. The van der Waals surface area contributed by atoms with Crippen molar-refractivity contribution in [3.8, 4) is 0 Å². The number of rotatable bonds is 2. The number of aryl methyl sites for hydroxylation is 2. The van der Waals surface area contributed by atoms with Gasteiger partial charge in [-0.3, -0.25) is 14.3 Å². The SMILES string of the molecule is Cc1cc(C(=O)C2CCCC2=O)nn1C. The van der Waals surface area contributed by atoms with Gasteiger partial charge in [0.15, 0.2) is 5.78 Å². The first kappa shape index (κ1) is 10.1. The normalized spacial score (nSPS) is 20.9. The van der Waals surface area contributed by atoms with Gasteiger partial charge in [-0.1, -0.05) is 0 Å². The van der Waals surface area contributed by atoms with Crippen LogP contribution in [0.15, 0.2) is 6.07 Å². The van der Waals surface area contributed by atoms with Gasteiger partial charge in [-0.25, -0.2) is 0 Å². The van der Waals surface area contributed by atoms with Gasteiger partial charge in [-0.05, 0) is 25.8 Å². The second-order valence-corrected chi connectivity index (χ2v) is 4.07. The Morgan fingerprint density at radius 1 is 1.60 bits per heavy atom. The molecule has 1 fully saturated rings. The minimum atomic E-state index is -0.431. The van der Waals surface area contributed by atoms with Crippen molar-refractivity contribution in [3.63, 3.8) is 0 Å². The lowest BCUT2D eigenvalue weighted by atomic mass is 9.99. The first-order valence-corrected chi connectivity index (χ1v) is 5.17. The zero-order valence-corrected chi connectivity index (χ0v) is 8.99. The molecule has 0 aromatic carbocycles. The van der Waals surface area contributed by atoms with Crippen molar-refractivity contribution in [2.24, 2.45) is 13.0 Å². The van der Waals surface area contributed by atoms with E-state index in [1.54, 1.807) is 17.8 Å². The molecule has 1 atom stereocenters. The Morgan fingerprint density at radius 3 is 2.80 bits per heavy atom. The van der Waals surface area contributed by atoms with Gasteiger partial charge in [-0.2, -0.15) is 5.10 Å². The maximum absolute atomic E-state index is 11.9. The number of hydrogen-bond acceptors (Lipinski definition) is 3. The summed E-state index contributed by atoms with van der Waals surface area (Å²) in [6, 6.07) is 1.74. The van der Waals surface area contributed by atoms with Crippen LogP contribution in [0.3, 0.4) is 0 Å². The molecule has 1 aromatic rings. The van der Waals surface area contributed by atoms with Crippen LogP contribution < -0.4 is 0 Å². The Bertz CT molecular complexity index is 401. The molecule has 4 nitrogen and oxygen atoms in total. The number of Topliss-reactive ketones (excluding diaryl/α,β-unsaturated/α-hetero) is 2. The lowest BCUT2D eigenvalue weighted by molar-refractivity contribution is -0.119. The molecule has 1 aliphatic rings. The minimum absolute atomic E-state index is 0.0725. The van der Waals surface area contributed by atoms with Gasteiger partial charge in [0.25, 0.3) is 0 Å². The first-order chi connectivity index (χ1) is 7.09. The fraction of sp³-hybridized carbons (Fsp3) is 0.545. The van der Waals surface area contributed by atoms with Gasteiger partial charge in [-0.15, -0.1) is 0 Å². The largest absolute Gasteiger partial charge is 0.299 e. The average Bonchev–Trinajstić information content (AvgIpc) is 2.74. The standard InChI is InChI=1S/C11H14N2O2/c1-7-6-9(12-13(7)2)11(15)8-4-3-5-10(8)14/h6,8H,3-5H2,1-2H3. The van der Waals surface area contributed by atoms with Crippen LogP contribution in [0.4, 0.5) is 0 Å². The number of carbonyl (C=O) groups excluding carboxylic acids is 2. The Hall–Kier alpha value is -1.45. The van der Waals surface area contributed by atoms with E-state index in [0.717, 1.165) is 12.1 Å². The number of aromatic nitrogens is 2. The lowest BCUT2D eigenvalue weighted by Crippen LogP contribution is -2.19. The highest BCUT2D eigenvalue weighted by molar-refractivity contribution is 6.10. The molecule has 1 aliphatic carbocycles. The summed E-state index contributed by atoms with van der Waals surface area (Å²) in [5.74, 6) is -0.469. The van der Waals surface area contributed by atoms with Crippen LogP contribution in [0.5, 0.6) is 0 Å². The summed E-state index contributed by atoms with van der Waals surface area (Å²) in [5, 5.41) is 4.10. The predicted octanol–water partition coefficient (Wildman–Crippen LogP) is 1.28. The van der Waals surface area contributed by atoms with Crippen molar-refractivity contribution < 1.29 is 9.59 Å². The number of hydrogen-bond donors (Lipinski definition) is 0. The smallest absolute Gasteiger partial charge is 0.193 e. The minimum Gasteiger partial charge on any atom is -0.299 e. The van der Waals surface area contributed by atoms with E-state index in [0.29, 0.717) is 18.5 Å². The maximum Gasteiger partial charge on any atom is 0.193 e. The molecule has 0 amide bonds. The molecule has 1 heterocycles. The van der Waals surface area contributed by atoms with Gasteiger partial charge < -0.3 is 0 Å². The third-order valence-corrected chi connectivity index (χ3v) is 2.99. The Balaban J connectivity index is 2.24. The topological polar surface area (TPSA) is 52.0 Å². The van der Waals surface area contributed by atoms with Crippen molar-refractivity contribution in [2.45, 2.75) is 26.2 Å². The van der Waals surface area contributed by atoms with Gasteiger partial charge >= 0.3 is 0 Å². The maximum atomic E-state index is 11.9. The Morgan fingerprint density at radius 2 is 2.33 bits per heavy atom. The van der Waals surface area contributed by atoms with E-state index in [1.165, 1.54) is 0 Å². The van der Waals surface area contributed by atoms with Crippen LogP contribution in [0, 0.1) is 12.8 Å². The number of ketones is 2. The van der Waals surface area contributed by atoms with Crippen molar-refractivity contribution in [1.29, 1.82) is 0 Å². The summed E-state index contributed by atoms with van der Waals surface area (Å²) in [7, 11) is 1.79. The second kappa shape index (κ2) is 3.61. The first-order valence-electron chi connectivity index (χ1n) is 5.17. The molecule has 0 spiro atoms. The summed E-state index contributed by atoms with van der Waals surface area (Å²) >= 11 is 0. The van der Waals surface area contributed by atoms with Gasteiger partial charge in [0.2, 0.25) is 0 Å². The fourth-order valence-electron chi connectivity index (χ4n) is 1.95. The van der Waals surface area contributed by atoms with Crippen LogP contribution in [0.25, 0.3) is 0 Å². The Kier molecular flexibility index (Phi) is 2.42. The molecule has 0 N–H and O–H groups in total. The molecule has 0 radical (unpaired) electrons. The Labute approximate surface area is 88.3 Å². The summed E-state index contributed by atoms with van der Waals surface area (Å²) < 4.78 is 1.66. The van der Waals surface area contributed by atoms with E-state index in [1.807, 2.05) is 6.92 Å². The summed E-state index contributed by atoms with van der Waals surface area (Å²) in [6.45, 7) is 1.89. The summed E-state index contributed by atoms with van der Waals surface area (Å²) in [4.78, 5) is 23.4. The van der Waals surface area contributed by atoms with Gasteiger partial charge in [0, 0.05) is 19.2 Å². The molecule has 1 saturated carbocycles. The molecule has 1 unspecified atom stereocenters. The van der Waals surface area contributed by atoms with E-state index in [9.17, 15) is 9.59 Å². The molecule has 2 rings (SSSR count). The quantitative estimate of drug-likeness (QED) is 0.541. The van der Waals surface area contributed by atoms with E-state index >= 15 is 0 Å². The molecule has 1 aromatic heterocycles. The molecule has 0 aliphatic heterocycles. The van der Waals surface area contributed by atoms with E-state index in [2.05, 4.69) is 5.10 Å². The van der Waals surface area contributed by atoms with E-state index < -0.39 is 5.92 Å². The van der Waals surface area contributed by atoms with Crippen molar-refractivity contribution >= 4 is 11.6 Å². The van der Waals surface area contributed by atoms with Gasteiger partial charge in [0.05, 0.1) is 5.92 Å². The molecular formula is C11H14N2O2. The van der Waals surface area contributed by atoms with Crippen molar-refractivity contribution in [1.82, 2.24) is 9.78 Å². The predicted molar refractivity (Wildman–Crippen MR) is 54.6 cm³/mol. The average molecular weight is 206 g/mol. The lowest BCUT2D eigenvalue weighted by Gasteiger charge is -2.02. The highest BCUT2D eigenvalue weighted by atomic mass is 16.2. The zero-order valence-electron chi connectivity index (χ0n) is 8.99. The second-order valence-electron chi connectivity index (χ2n) is 4.07. The molecule has 80 valence electrons. The van der Waals surface area contributed by atoms with Crippen LogP contribution in [0.1, 0.15) is 35.4 Å². The third-order valence-electron chi connectivity index (χ3n) is 2.99. The van der Waals surface area contributed by atoms with Crippen LogP contribution >= 0.6 is 0 Å².